The van der Waals surface area contributed by atoms with Crippen molar-refractivity contribution in [3.8, 4) is 22.6 Å². The van der Waals surface area contributed by atoms with Crippen molar-refractivity contribution in [1.29, 1.82) is 0 Å². The van der Waals surface area contributed by atoms with Crippen LogP contribution in [0, 0.1) is 11.6 Å². The van der Waals surface area contributed by atoms with Gasteiger partial charge in [-0.25, -0.2) is 8.78 Å². The van der Waals surface area contributed by atoms with Crippen molar-refractivity contribution in [3.63, 3.8) is 0 Å². The monoisotopic (exact) mass is 398 g/mol. The Morgan fingerprint density at radius 3 is 2.52 bits per heavy atom. The van der Waals surface area contributed by atoms with E-state index in [4.69, 9.17) is 15.3 Å². The zero-order valence-corrected chi connectivity index (χ0v) is 15.5. The third kappa shape index (κ3) is 3.27. The summed E-state index contributed by atoms with van der Waals surface area (Å²) in [7, 11) is 3.02. The SMILES string of the molecule is COn1cc2c(=O)n(C)cc(-c3cc(N)ccc3Oc3ccc(F)cc3F)c2n1. The molecule has 9 heteroatoms. The maximum Gasteiger partial charge on any atom is 0.261 e. The van der Waals surface area contributed by atoms with Gasteiger partial charge in [-0.05, 0) is 30.3 Å². The van der Waals surface area contributed by atoms with Crippen LogP contribution in [0.2, 0.25) is 0 Å². The first-order valence-corrected chi connectivity index (χ1v) is 8.53. The van der Waals surface area contributed by atoms with Gasteiger partial charge in [-0.2, -0.15) is 0 Å². The van der Waals surface area contributed by atoms with Gasteiger partial charge in [0.2, 0.25) is 0 Å². The molecule has 4 rings (SSSR count). The number of aryl methyl sites for hydroxylation is 1. The van der Waals surface area contributed by atoms with Crippen LogP contribution in [-0.2, 0) is 7.05 Å². The number of pyridine rings is 1. The van der Waals surface area contributed by atoms with Crippen molar-refractivity contribution in [2.75, 3.05) is 12.8 Å². The van der Waals surface area contributed by atoms with E-state index >= 15 is 0 Å². The number of benzene rings is 2. The lowest BCUT2D eigenvalue weighted by Gasteiger charge is -2.14. The third-order valence-electron chi connectivity index (χ3n) is 4.42. The molecule has 2 N–H and O–H groups in total. The van der Waals surface area contributed by atoms with Crippen LogP contribution < -0.4 is 20.9 Å². The molecule has 0 saturated carbocycles. The summed E-state index contributed by atoms with van der Waals surface area (Å²) in [6.07, 6.45) is 3.05. The summed E-state index contributed by atoms with van der Waals surface area (Å²) in [4.78, 5) is 18.7. The molecule has 0 saturated heterocycles. The highest BCUT2D eigenvalue weighted by Crippen LogP contribution is 2.38. The van der Waals surface area contributed by atoms with Gasteiger partial charge in [-0.1, -0.05) is 0 Å². The minimum Gasteiger partial charge on any atom is -0.454 e. The van der Waals surface area contributed by atoms with Crippen molar-refractivity contribution in [2.24, 2.45) is 7.05 Å². The Hall–Kier alpha value is -3.88. The summed E-state index contributed by atoms with van der Waals surface area (Å²) in [6, 6.07) is 7.81. The Morgan fingerprint density at radius 2 is 1.79 bits per heavy atom. The van der Waals surface area contributed by atoms with E-state index in [0.717, 1.165) is 12.1 Å². The Labute approximate surface area is 163 Å². The summed E-state index contributed by atoms with van der Waals surface area (Å²) in [5.74, 6) is -1.45. The zero-order chi connectivity index (χ0) is 20.7. The molecule has 0 spiro atoms. The minimum atomic E-state index is -0.845. The fourth-order valence-electron chi connectivity index (χ4n) is 3.03. The Bertz CT molecular complexity index is 1300. The number of halogens is 2. The standard InChI is InChI=1S/C20H16F2N4O3/c1-25-9-14(19-15(20(25)27)10-26(24-19)28-2)13-8-12(23)4-6-17(13)29-18-5-3-11(21)7-16(18)22/h3-10H,23H2,1-2H3. The molecule has 2 aromatic carbocycles. The predicted molar refractivity (Wildman–Crippen MR) is 104 cm³/mol. The number of hydrogen-bond acceptors (Lipinski definition) is 5. The van der Waals surface area contributed by atoms with Crippen LogP contribution in [0.25, 0.3) is 22.0 Å². The summed E-state index contributed by atoms with van der Waals surface area (Å²) in [6.45, 7) is 0. The lowest BCUT2D eigenvalue weighted by atomic mass is 10.0. The van der Waals surface area contributed by atoms with Crippen molar-refractivity contribution in [1.82, 2.24) is 14.5 Å². The lowest BCUT2D eigenvalue weighted by Crippen LogP contribution is -2.16. The van der Waals surface area contributed by atoms with E-state index in [1.54, 1.807) is 31.4 Å². The number of nitrogens with two attached hydrogens (primary N) is 1. The highest BCUT2D eigenvalue weighted by Gasteiger charge is 2.18. The molecular weight excluding hydrogens is 382 g/mol. The van der Waals surface area contributed by atoms with Gasteiger partial charge in [0, 0.05) is 36.1 Å². The molecule has 4 aromatic rings. The Kier molecular flexibility index (Phi) is 4.42. The van der Waals surface area contributed by atoms with Gasteiger partial charge < -0.3 is 19.9 Å². The summed E-state index contributed by atoms with van der Waals surface area (Å²) < 4.78 is 34.4. The fraction of sp³-hybridized carbons (Fsp3) is 0.100. The summed E-state index contributed by atoms with van der Waals surface area (Å²) >= 11 is 0. The van der Waals surface area contributed by atoms with E-state index in [2.05, 4.69) is 5.10 Å². The molecule has 2 aromatic heterocycles. The van der Waals surface area contributed by atoms with Crippen LogP contribution in [0.1, 0.15) is 0 Å². The van der Waals surface area contributed by atoms with Gasteiger partial charge in [0.1, 0.15) is 24.2 Å². The van der Waals surface area contributed by atoms with E-state index in [1.807, 2.05) is 0 Å². The third-order valence-corrected chi connectivity index (χ3v) is 4.42. The van der Waals surface area contributed by atoms with Crippen LogP contribution in [0.4, 0.5) is 14.5 Å². The van der Waals surface area contributed by atoms with Crippen molar-refractivity contribution in [3.05, 3.63) is 70.8 Å². The Morgan fingerprint density at radius 1 is 1.03 bits per heavy atom. The molecule has 148 valence electrons. The molecule has 0 bridgehead atoms. The normalized spacial score (nSPS) is 11.0. The molecule has 0 unspecified atom stereocenters. The van der Waals surface area contributed by atoms with Gasteiger partial charge in [0.25, 0.3) is 5.56 Å². The molecule has 0 fully saturated rings. The average Bonchev–Trinajstić information content (AvgIpc) is 3.13. The fourth-order valence-corrected chi connectivity index (χ4v) is 3.03. The maximum atomic E-state index is 14.1. The van der Waals surface area contributed by atoms with E-state index < -0.39 is 11.6 Å². The van der Waals surface area contributed by atoms with Gasteiger partial charge in [0.05, 0.1) is 11.6 Å². The van der Waals surface area contributed by atoms with E-state index in [0.29, 0.717) is 27.7 Å². The number of fused-ring (bicyclic) bond motifs is 1. The molecule has 0 amide bonds. The second-order valence-corrected chi connectivity index (χ2v) is 6.37. The zero-order valence-electron chi connectivity index (χ0n) is 15.5. The number of hydrogen-bond donors (Lipinski definition) is 1. The maximum absolute atomic E-state index is 14.1. The molecule has 0 aliphatic rings. The van der Waals surface area contributed by atoms with Gasteiger partial charge >= 0.3 is 0 Å². The molecule has 29 heavy (non-hydrogen) atoms. The second kappa shape index (κ2) is 6.93. The van der Waals surface area contributed by atoms with Crippen molar-refractivity contribution in [2.45, 2.75) is 0 Å². The topological polar surface area (TPSA) is 84.3 Å². The number of ether oxygens (including phenoxy) is 1. The van der Waals surface area contributed by atoms with E-state index in [9.17, 15) is 13.6 Å². The Balaban J connectivity index is 1.94. The molecule has 7 nitrogen and oxygen atoms in total. The van der Waals surface area contributed by atoms with Crippen LogP contribution in [0.15, 0.2) is 53.6 Å². The first-order valence-electron chi connectivity index (χ1n) is 8.53. The van der Waals surface area contributed by atoms with E-state index in [1.165, 1.54) is 28.8 Å². The van der Waals surface area contributed by atoms with Crippen LogP contribution in [0.3, 0.4) is 0 Å². The van der Waals surface area contributed by atoms with Crippen molar-refractivity contribution >= 4 is 16.6 Å². The van der Waals surface area contributed by atoms with Gasteiger partial charge in [-0.15, -0.1) is 9.94 Å². The molecule has 2 heterocycles. The van der Waals surface area contributed by atoms with E-state index in [-0.39, 0.29) is 17.1 Å². The number of aromatic nitrogens is 3. The molecular formula is C20H16F2N4O3. The average molecular weight is 398 g/mol. The summed E-state index contributed by atoms with van der Waals surface area (Å²) in [5, 5.41) is 4.60. The highest BCUT2D eigenvalue weighted by atomic mass is 19.1. The molecule has 0 atom stereocenters. The van der Waals surface area contributed by atoms with Crippen LogP contribution in [0.5, 0.6) is 11.5 Å². The van der Waals surface area contributed by atoms with Crippen LogP contribution in [-0.4, -0.2) is 21.6 Å². The number of anilines is 1. The second-order valence-electron chi connectivity index (χ2n) is 6.37. The minimum absolute atomic E-state index is 0.152. The lowest BCUT2D eigenvalue weighted by molar-refractivity contribution is 0.136. The number of nitrogens with zero attached hydrogens (tertiary/aromatic N) is 3. The van der Waals surface area contributed by atoms with Gasteiger partial charge in [0.15, 0.2) is 11.6 Å². The van der Waals surface area contributed by atoms with Crippen LogP contribution >= 0.6 is 0 Å². The molecule has 0 radical (unpaired) electrons. The number of nitrogen functional groups attached to an aromatic ring is 1. The first kappa shape index (κ1) is 18.5. The predicted octanol–water partition coefficient (Wildman–Crippen LogP) is 3.11. The highest BCUT2D eigenvalue weighted by molar-refractivity contribution is 5.94. The smallest absolute Gasteiger partial charge is 0.261 e. The number of rotatable bonds is 4. The molecule has 0 aliphatic carbocycles. The van der Waals surface area contributed by atoms with Crippen molar-refractivity contribution < 1.29 is 18.4 Å². The molecule has 0 aliphatic heterocycles. The summed E-state index contributed by atoms with van der Waals surface area (Å²) in [5.41, 5.74) is 7.50. The van der Waals surface area contributed by atoms with Gasteiger partial charge in [-0.3, -0.25) is 4.79 Å². The quantitative estimate of drug-likeness (QED) is 0.534. The first-order chi connectivity index (χ1) is 13.9. The largest absolute Gasteiger partial charge is 0.454 e.